The average Bonchev–Trinajstić information content (AvgIpc) is 2.98. The summed E-state index contributed by atoms with van der Waals surface area (Å²) in [7, 11) is 0. The number of hydrogen-bond donors (Lipinski definition) is 2. The SMILES string of the molecule is CC(C)c1ccc(C(N)CNC(=O)c2ccsc2)cc1.Cl. The molecule has 1 atom stereocenters. The Morgan fingerprint density at radius 3 is 2.33 bits per heavy atom. The fourth-order valence-electron chi connectivity index (χ4n) is 1.94. The lowest BCUT2D eigenvalue weighted by Crippen LogP contribution is -2.31. The Balaban J connectivity index is 0.00000220. The van der Waals surface area contributed by atoms with Crippen LogP contribution in [0.3, 0.4) is 0 Å². The zero-order valence-corrected chi connectivity index (χ0v) is 13.8. The molecule has 1 amide bonds. The molecule has 0 bridgehead atoms. The van der Waals surface area contributed by atoms with E-state index in [4.69, 9.17) is 5.73 Å². The van der Waals surface area contributed by atoms with Crippen LogP contribution in [0.4, 0.5) is 0 Å². The molecule has 114 valence electrons. The van der Waals surface area contributed by atoms with E-state index < -0.39 is 0 Å². The Labute approximate surface area is 136 Å². The van der Waals surface area contributed by atoms with Gasteiger partial charge in [-0.2, -0.15) is 11.3 Å². The highest BCUT2D eigenvalue weighted by molar-refractivity contribution is 7.08. The molecule has 3 nitrogen and oxygen atoms in total. The van der Waals surface area contributed by atoms with Crippen molar-refractivity contribution in [1.29, 1.82) is 0 Å². The number of carbonyl (C=O) groups excluding carboxylic acids is 1. The first-order valence-corrected chi connectivity index (χ1v) is 7.68. The number of benzene rings is 1. The quantitative estimate of drug-likeness (QED) is 0.880. The molecule has 0 aliphatic rings. The zero-order chi connectivity index (χ0) is 14.5. The van der Waals surface area contributed by atoms with Gasteiger partial charge in [0.15, 0.2) is 0 Å². The lowest BCUT2D eigenvalue weighted by atomic mass is 9.99. The van der Waals surface area contributed by atoms with Crippen LogP contribution in [0, 0.1) is 0 Å². The van der Waals surface area contributed by atoms with Gasteiger partial charge in [0.05, 0.1) is 0 Å². The van der Waals surface area contributed by atoms with Gasteiger partial charge in [-0.15, -0.1) is 12.4 Å². The highest BCUT2D eigenvalue weighted by atomic mass is 35.5. The maximum absolute atomic E-state index is 11.8. The minimum absolute atomic E-state index is 0. The van der Waals surface area contributed by atoms with Gasteiger partial charge in [-0.1, -0.05) is 38.1 Å². The van der Waals surface area contributed by atoms with Crippen molar-refractivity contribution in [2.45, 2.75) is 25.8 Å². The smallest absolute Gasteiger partial charge is 0.252 e. The summed E-state index contributed by atoms with van der Waals surface area (Å²) < 4.78 is 0. The molecule has 1 heterocycles. The molecule has 5 heteroatoms. The Bertz CT molecular complexity index is 552. The number of halogens is 1. The summed E-state index contributed by atoms with van der Waals surface area (Å²) in [6, 6.07) is 9.90. The van der Waals surface area contributed by atoms with E-state index in [1.54, 1.807) is 0 Å². The molecule has 0 spiro atoms. The van der Waals surface area contributed by atoms with Crippen molar-refractivity contribution in [3.8, 4) is 0 Å². The van der Waals surface area contributed by atoms with Crippen LogP contribution in [0.2, 0.25) is 0 Å². The lowest BCUT2D eigenvalue weighted by molar-refractivity contribution is 0.0951. The summed E-state index contributed by atoms with van der Waals surface area (Å²) in [6.45, 7) is 4.77. The van der Waals surface area contributed by atoms with Crippen LogP contribution < -0.4 is 11.1 Å². The van der Waals surface area contributed by atoms with Crippen LogP contribution in [0.25, 0.3) is 0 Å². The number of hydrogen-bond acceptors (Lipinski definition) is 3. The van der Waals surface area contributed by atoms with E-state index in [1.165, 1.54) is 16.9 Å². The van der Waals surface area contributed by atoms with Crippen LogP contribution >= 0.6 is 23.7 Å². The van der Waals surface area contributed by atoms with Gasteiger partial charge in [0.25, 0.3) is 5.91 Å². The second-order valence-electron chi connectivity index (χ2n) is 5.15. The van der Waals surface area contributed by atoms with Crippen molar-refractivity contribution in [3.63, 3.8) is 0 Å². The van der Waals surface area contributed by atoms with E-state index in [0.717, 1.165) is 5.56 Å². The molecule has 1 aromatic heterocycles. The Morgan fingerprint density at radius 1 is 1.19 bits per heavy atom. The fraction of sp³-hybridized carbons (Fsp3) is 0.312. The second-order valence-corrected chi connectivity index (χ2v) is 5.93. The average molecular weight is 325 g/mol. The maximum Gasteiger partial charge on any atom is 0.252 e. The number of amides is 1. The Hall–Kier alpha value is -1.36. The molecule has 0 aliphatic carbocycles. The third kappa shape index (κ3) is 4.84. The minimum Gasteiger partial charge on any atom is -0.350 e. The van der Waals surface area contributed by atoms with E-state index in [1.807, 2.05) is 29.0 Å². The molecular weight excluding hydrogens is 304 g/mol. The maximum atomic E-state index is 11.8. The summed E-state index contributed by atoms with van der Waals surface area (Å²) >= 11 is 1.51. The predicted octanol–water partition coefficient (Wildman–Crippen LogP) is 3.72. The highest BCUT2D eigenvalue weighted by Gasteiger charge is 2.10. The molecule has 0 saturated heterocycles. The van der Waals surface area contributed by atoms with E-state index in [9.17, 15) is 4.79 Å². The van der Waals surface area contributed by atoms with Gasteiger partial charge in [-0.3, -0.25) is 4.79 Å². The molecule has 0 saturated carbocycles. The van der Waals surface area contributed by atoms with Crippen molar-refractivity contribution in [1.82, 2.24) is 5.32 Å². The molecule has 0 radical (unpaired) electrons. The normalized spacial score (nSPS) is 11.8. The number of rotatable bonds is 5. The molecule has 3 N–H and O–H groups in total. The van der Waals surface area contributed by atoms with Crippen molar-refractivity contribution in [3.05, 3.63) is 57.8 Å². The van der Waals surface area contributed by atoms with Crippen molar-refractivity contribution in [2.24, 2.45) is 5.73 Å². The van der Waals surface area contributed by atoms with Crippen LogP contribution in [-0.2, 0) is 0 Å². The van der Waals surface area contributed by atoms with Crippen molar-refractivity contribution >= 4 is 29.7 Å². The van der Waals surface area contributed by atoms with Gasteiger partial charge in [0.1, 0.15) is 0 Å². The zero-order valence-electron chi connectivity index (χ0n) is 12.2. The van der Waals surface area contributed by atoms with E-state index in [-0.39, 0.29) is 24.4 Å². The second kappa shape index (κ2) is 8.17. The summed E-state index contributed by atoms with van der Waals surface area (Å²) in [5.41, 5.74) is 9.14. The summed E-state index contributed by atoms with van der Waals surface area (Å²) in [4.78, 5) is 11.8. The largest absolute Gasteiger partial charge is 0.350 e. The predicted molar refractivity (Wildman–Crippen MR) is 91.4 cm³/mol. The highest BCUT2D eigenvalue weighted by Crippen LogP contribution is 2.17. The standard InChI is InChI=1S/C16H20N2OS.ClH/c1-11(2)12-3-5-13(6-4-12)15(17)9-18-16(19)14-7-8-20-10-14;/h3-8,10-11,15H,9,17H2,1-2H3,(H,18,19);1H. The van der Waals surface area contributed by atoms with Crippen LogP contribution in [0.1, 0.15) is 47.3 Å². The summed E-state index contributed by atoms with van der Waals surface area (Å²) in [5, 5.41) is 6.58. The van der Waals surface area contributed by atoms with Crippen molar-refractivity contribution < 1.29 is 4.79 Å². The summed E-state index contributed by atoms with van der Waals surface area (Å²) in [6.07, 6.45) is 0. The van der Waals surface area contributed by atoms with Crippen LogP contribution in [-0.4, -0.2) is 12.5 Å². The van der Waals surface area contributed by atoms with Gasteiger partial charge < -0.3 is 11.1 Å². The van der Waals surface area contributed by atoms with Gasteiger partial charge in [-0.25, -0.2) is 0 Å². The first kappa shape index (κ1) is 17.7. The van der Waals surface area contributed by atoms with Gasteiger partial charge in [-0.05, 0) is 28.5 Å². The fourth-order valence-corrected chi connectivity index (χ4v) is 2.58. The number of thiophene rings is 1. The molecule has 1 aromatic carbocycles. The minimum atomic E-state index is -0.182. The van der Waals surface area contributed by atoms with E-state index in [0.29, 0.717) is 18.0 Å². The molecule has 0 aliphatic heterocycles. The molecule has 0 fully saturated rings. The molecular formula is C16H21ClN2OS. The number of nitrogens with one attached hydrogen (secondary N) is 1. The number of nitrogens with two attached hydrogens (primary N) is 1. The third-order valence-electron chi connectivity index (χ3n) is 3.30. The molecule has 2 rings (SSSR count). The Morgan fingerprint density at radius 2 is 1.81 bits per heavy atom. The number of carbonyl (C=O) groups is 1. The van der Waals surface area contributed by atoms with Crippen molar-refractivity contribution in [2.75, 3.05) is 6.54 Å². The van der Waals surface area contributed by atoms with Gasteiger partial charge in [0, 0.05) is 23.5 Å². The lowest BCUT2D eigenvalue weighted by Gasteiger charge is -2.14. The monoisotopic (exact) mass is 324 g/mol. The van der Waals surface area contributed by atoms with Crippen LogP contribution in [0.15, 0.2) is 41.1 Å². The third-order valence-corrected chi connectivity index (χ3v) is 3.98. The van der Waals surface area contributed by atoms with Gasteiger partial charge >= 0.3 is 0 Å². The van der Waals surface area contributed by atoms with E-state index in [2.05, 4.69) is 31.3 Å². The Kier molecular flexibility index (Phi) is 6.89. The first-order chi connectivity index (χ1) is 9.58. The molecule has 1 unspecified atom stereocenters. The first-order valence-electron chi connectivity index (χ1n) is 6.73. The van der Waals surface area contributed by atoms with Crippen LogP contribution in [0.5, 0.6) is 0 Å². The summed E-state index contributed by atoms with van der Waals surface area (Å²) in [5.74, 6) is 0.444. The molecule has 2 aromatic rings. The van der Waals surface area contributed by atoms with Gasteiger partial charge in [0.2, 0.25) is 0 Å². The molecule has 21 heavy (non-hydrogen) atoms. The topological polar surface area (TPSA) is 55.1 Å². The van der Waals surface area contributed by atoms with E-state index >= 15 is 0 Å².